The Bertz CT molecular complexity index is 1230. The summed E-state index contributed by atoms with van der Waals surface area (Å²) in [6, 6.07) is 12.9. The Morgan fingerprint density at radius 2 is 1.81 bits per heavy atom. The Balaban J connectivity index is 0.000000303. The van der Waals surface area contributed by atoms with Crippen molar-refractivity contribution in [2.24, 2.45) is 5.73 Å². The van der Waals surface area contributed by atoms with Crippen molar-refractivity contribution in [1.82, 2.24) is 9.47 Å². The summed E-state index contributed by atoms with van der Waals surface area (Å²) < 4.78 is 1.30. The molecule has 192 valence electrons. The Morgan fingerprint density at radius 1 is 1.17 bits per heavy atom. The van der Waals surface area contributed by atoms with Crippen LogP contribution in [0.15, 0.2) is 48.5 Å². The van der Waals surface area contributed by atoms with Crippen LogP contribution in [0.2, 0.25) is 5.02 Å². The van der Waals surface area contributed by atoms with Crippen LogP contribution in [0.5, 0.6) is 0 Å². The zero-order valence-corrected chi connectivity index (χ0v) is 20.9. The lowest BCUT2D eigenvalue weighted by atomic mass is 10.1. The minimum atomic E-state index is -1.23. The molecule has 0 radical (unpaired) electrons. The van der Waals surface area contributed by atoms with Crippen molar-refractivity contribution < 1.29 is 19.6 Å². The molecule has 2 heterocycles. The fraction of sp³-hybridized carbons (Fsp3) is 0.360. The number of hydrogen-bond donors (Lipinski definition) is 3. The zero-order valence-electron chi connectivity index (χ0n) is 20.2. The van der Waals surface area contributed by atoms with E-state index < -0.39 is 16.8 Å². The lowest BCUT2D eigenvalue weighted by Gasteiger charge is -2.32. The van der Waals surface area contributed by atoms with E-state index in [-0.39, 0.29) is 17.9 Å². The van der Waals surface area contributed by atoms with Crippen molar-refractivity contribution in [2.45, 2.75) is 45.3 Å². The maximum atomic E-state index is 12.3. The van der Waals surface area contributed by atoms with Crippen LogP contribution in [0.3, 0.4) is 0 Å². The first-order chi connectivity index (χ1) is 17.0. The van der Waals surface area contributed by atoms with E-state index in [1.807, 2.05) is 0 Å². The zero-order chi connectivity index (χ0) is 26.4. The number of amides is 1. The molecule has 2 aromatic carbocycles. The van der Waals surface area contributed by atoms with Crippen molar-refractivity contribution in [3.8, 4) is 0 Å². The SMILES string of the molecule is CC(C)N1CCC(N)CC1.O=C(Cn1c(C(=O)O)cc2cc([N+](=O)[O-])ccc21)Nc1ccc(Cl)cc1. The van der Waals surface area contributed by atoms with Gasteiger partial charge in [0.25, 0.3) is 5.69 Å². The van der Waals surface area contributed by atoms with Crippen LogP contribution in [0.25, 0.3) is 10.9 Å². The van der Waals surface area contributed by atoms with Crippen LogP contribution < -0.4 is 11.1 Å². The number of anilines is 1. The highest BCUT2D eigenvalue weighted by molar-refractivity contribution is 6.30. The molecule has 4 N–H and O–H groups in total. The van der Waals surface area contributed by atoms with Gasteiger partial charge in [-0.2, -0.15) is 0 Å². The molecule has 1 aliphatic rings. The second kappa shape index (κ2) is 12.0. The molecule has 0 saturated carbocycles. The molecule has 1 aromatic heterocycles. The van der Waals surface area contributed by atoms with Gasteiger partial charge in [-0.25, -0.2) is 4.79 Å². The first-order valence-corrected chi connectivity index (χ1v) is 12.0. The minimum Gasteiger partial charge on any atom is -0.477 e. The average Bonchev–Trinajstić information content (AvgIpc) is 3.19. The first kappa shape index (κ1) is 27.1. The van der Waals surface area contributed by atoms with E-state index in [0.29, 0.717) is 33.7 Å². The van der Waals surface area contributed by atoms with E-state index in [1.165, 1.54) is 54.8 Å². The number of carbonyl (C=O) groups is 2. The molecule has 36 heavy (non-hydrogen) atoms. The Kier molecular flexibility index (Phi) is 9.03. The number of nitro benzene ring substituents is 1. The van der Waals surface area contributed by atoms with E-state index in [2.05, 4.69) is 24.1 Å². The largest absolute Gasteiger partial charge is 0.477 e. The van der Waals surface area contributed by atoms with E-state index in [1.54, 1.807) is 24.3 Å². The third-order valence-electron chi connectivity index (χ3n) is 6.05. The minimum absolute atomic E-state index is 0.133. The van der Waals surface area contributed by atoms with Crippen LogP contribution in [0, 0.1) is 10.1 Å². The van der Waals surface area contributed by atoms with Crippen LogP contribution in [0.4, 0.5) is 11.4 Å². The second-order valence-electron chi connectivity index (χ2n) is 8.94. The molecule has 0 atom stereocenters. The summed E-state index contributed by atoms with van der Waals surface area (Å²) in [6.45, 7) is 6.62. The lowest BCUT2D eigenvalue weighted by Crippen LogP contribution is -2.42. The Labute approximate surface area is 213 Å². The number of carbonyl (C=O) groups excluding carboxylic acids is 1. The standard InChI is InChI=1S/C17H12ClN3O5.C8H18N2/c18-11-1-3-12(4-2-11)19-16(22)9-20-14-6-5-13(21(25)26)7-10(14)8-15(20)17(23)24;1-7(2)10-5-3-8(9)4-6-10/h1-8H,9H2,(H,19,22)(H,23,24);7-8H,3-6,9H2,1-2H3. The number of aromatic carboxylic acids is 1. The number of nitrogens with one attached hydrogen (secondary N) is 1. The van der Waals surface area contributed by atoms with Gasteiger partial charge in [0.15, 0.2) is 0 Å². The number of carboxylic acid groups (broad SMARTS) is 1. The number of piperidine rings is 1. The first-order valence-electron chi connectivity index (χ1n) is 11.6. The van der Waals surface area contributed by atoms with Crippen molar-refractivity contribution in [3.63, 3.8) is 0 Å². The normalized spacial score (nSPS) is 14.4. The lowest BCUT2D eigenvalue weighted by molar-refractivity contribution is -0.384. The van der Waals surface area contributed by atoms with E-state index in [4.69, 9.17) is 17.3 Å². The highest BCUT2D eigenvalue weighted by Crippen LogP contribution is 2.25. The fourth-order valence-electron chi connectivity index (χ4n) is 4.03. The van der Waals surface area contributed by atoms with Gasteiger partial charge in [0, 0.05) is 45.8 Å². The number of non-ortho nitro benzene ring substituents is 1. The van der Waals surface area contributed by atoms with Gasteiger partial charge in [0.05, 0.1) is 4.92 Å². The molecule has 1 amide bonds. The molecular weight excluding hydrogens is 486 g/mol. The van der Waals surface area contributed by atoms with Gasteiger partial charge in [-0.05, 0) is 76.2 Å². The third kappa shape index (κ3) is 7.03. The molecule has 0 aliphatic carbocycles. The maximum Gasteiger partial charge on any atom is 0.352 e. The number of fused-ring (bicyclic) bond motifs is 1. The van der Waals surface area contributed by atoms with Gasteiger partial charge in [-0.1, -0.05) is 11.6 Å². The molecule has 1 saturated heterocycles. The molecule has 3 aromatic rings. The summed E-state index contributed by atoms with van der Waals surface area (Å²) in [5.74, 6) is -1.67. The number of likely N-dealkylation sites (tertiary alicyclic amines) is 1. The van der Waals surface area contributed by atoms with E-state index in [0.717, 1.165) is 0 Å². The number of hydrogen-bond acceptors (Lipinski definition) is 6. The molecule has 1 fully saturated rings. The van der Waals surface area contributed by atoms with E-state index in [9.17, 15) is 24.8 Å². The number of rotatable bonds is 6. The number of halogens is 1. The molecule has 4 rings (SSSR count). The second-order valence-corrected chi connectivity index (χ2v) is 9.38. The van der Waals surface area contributed by atoms with Gasteiger partial charge in [-0.15, -0.1) is 0 Å². The van der Waals surface area contributed by atoms with Gasteiger partial charge >= 0.3 is 5.97 Å². The number of nitro groups is 1. The summed E-state index contributed by atoms with van der Waals surface area (Å²) in [7, 11) is 0. The van der Waals surface area contributed by atoms with Gasteiger partial charge in [-0.3, -0.25) is 14.9 Å². The molecule has 0 unspecified atom stereocenters. The smallest absolute Gasteiger partial charge is 0.352 e. The fourth-order valence-corrected chi connectivity index (χ4v) is 4.16. The number of aromatic nitrogens is 1. The summed E-state index contributed by atoms with van der Waals surface area (Å²) in [5, 5.41) is 23.8. The van der Waals surface area contributed by atoms with Crippen LogP contribution in [-0.2, 0) is 11.3 Å². The Hall–Kier alpha value is -3.47. The van der Waals surface area contributed by atoms with Crippen LogP contribution in [-0.4, -0.2) is 56.5 Å². The quantitative estimate of drug-likeness (QED) is 0.327. The predicted octanol–water partition coefficient (Wildman–Crippen LogP) is 4.36. The van der Waals surface area contributed by atoms with Gasteiger partial charge in [0.1, 0.15) is 12.2 Å². The summed E-state index contributed by atoms with van der Waals surface area (Å²) in [5.41, 5.74) is 6.42. The molecule has 10 nitrogen and oxygen atoms in total. The van der Waals surface area contributed by atoms with Crippen LogP contribution >= 0.6 is 11.6 Å². The highest BCUT2D eigenvalue weighted by Gasteiger charge is 2.19. The molecule has 1 aliphatic heterocycles. The highest BCUT2D eigenvalue weighted by atomic mass is 35.5. The number of nitrogens with zero attached hydrogens (tertiary/aromatic N) is 3. The maximum absolute atomic E-state index is 12.3. The number of carboxylic acids is 1. The van der Waals surface area contributed by atoms with E-state index >= 15 is 0 Å². The molecular formula is C25H30ClN5O5. The van der Waals surface area contributed by atoms with Crippen molar-refractivity contribution in [2.75, 3.05) is 18.4 Å². The summed E-state index contributed by atoms with van der Waals surface area (Å²) in [6.07, 6.45) is 2.36. The third-order valence-corrected chi connectivity index (χ3v) is 6.30. The van der Waals surface area contributed by atoms with Crippen LogP contribution in [0.1, 0.15) is 37.2 Å². The topological polar surface area (TPSA) is 144 Å². The van der Waals surface area contributed by atoms with Crippen molar-refractivity contribution >= 4 is 45.8 Å². The van der Waals surface area contributed by atoms with Gasteiger partial charge < -0.3 is 25.6 Å². The van der Waals surface area contributed by atoms with Crippen molar-refractivity contribution in [1.29, 1.82) is 0 Å². The Morgan fingerprint density at radius 3 is 2.36 bits per heavy atom. The number of benzene rings is 2. The molecule has 11 heteroatoms. The van der Waals surface area contributed by atoms with Crippen molar-refractivity contribution in [3.05, 3.63) is 69.4 Å². The molecule has 0 spiro atoms. The summed E-state index contributed by atoms with van der Waals surface area (Å²) in [4.78, 5) is 36.6. The summed E-state index contributed by atoms with van der Waals surface area (Å²) >= 11 is 5.79. The predicted molar refractivity (Wildman–Crippen MR) is 140 cm³/mol. The molecule has 0 bridgehead atoms. The monoisotopic (exact) mass is 515 g/mol. The van der Waals surface area contributed by atoms with Gasteiger partial charge in [0.2, 0.25) is 5.91 Å². The number of nitrogens with two attached hydrogens (primary N) is 1. The average molecular weight is 516 g/mol.